The number of hydrogen-bond donors (Lipinski definition) is 1. The summed E-state index contributed by atoms with van der Waals surface area (Å²) in [4.78, 5) is 20.6. The molecule has 3 unspecified atom stereocenters. The third-order valence-electron chi connectivity index (χ3n) is 8.00. The predicted octanol–water partition coefficient (Wildman–Crippen LogP) is 3.79. The molecule has 1 fully saturated rings. The Morgan fingerprint density at radius 3 is 2.61 bits per heavy atom. The average Bonchev–Trinajstić information content (AvgIpc) is 3.65. The van der Waals surface area contributed by atoms with E-state index < -0.39 is 0 Å². The van der Waals surface area contributed by atoms with Crippen molar-refractivity contribution in [2.75, 3.05) is 13.7 Å². The van der Waals surface area contributed by atoms with Crippen LogP contribution in [0.1, 0.15) is 29.8 Å². The molecule has 9 heteroatoms. The van der Waals surface area contributed by atoms with Crippen LogP contribution in [0.5, 0.6) is 5.75 Å². The fraction of sp³-hybridized carbons (Fsp3) is 0.345. The lowest BCUT2D eigenvalue weighted by molar-refractivity contribution is 0.0739. The second-order valence-corrected chi connectivity index (χ2v) is 10.5. The van der Waals surface area contributed by atoms with Gasteiger partial charge in [0.1, 0.15) is 11.3 Å². The van der Waals surface area contributed by atoms with Crippen molar-refractivity contribution in [2.45, 2.75) is 32.5 Å². The van der Waals surface area contributed by atoms with E-state index in [0.29, 0.717) is 29.9 Å². The average molecular weight is 512 g/mol. The SMILES string of the molecule is COc1cc(C(=O)N2CC(C)C(N)C2C)cc2nc(-c3cc4ccccc4n3C)n(Cc3cnn(C)c3)c12. The number of hydrogen-bond acceptors (Lipinski definition) is 5. The molecule has 9 nitrogen and oxygen atoms in total. The van der Waals surface area contributed by atoms with Crippen molar-refractivity contribution in [1.29, 1.82) is 0 Å². The molecule has 6 rings (SSSR count). The van der Waals surface area contributed by atoms with Gasteiger partial charge in [-0.25, -0.2) is 4.98 Å². The summed E-state index contributed by atoms with van der Waals surface area (Å²) in [5.41, 5.74) is 11.6. The first-order chi connectivity index (χ1) is 18.3. The minimum Gasteiger partial charge on any atom is -0.494 e. The molecule has 5 aromatic rings. The van der Waals surface area contributed by atoms with E-state index in [4.69, 9.17) is 15.5 Å². The molecule has 0 aliphatic carbocycles. The number of aryl methyl sites for hydroxylation is 2. The lowest BCUT2D eigenvalue weighted by Crippen LogP contribution is -2.40. The van der Waals surface area contributed by atoms with Gasteiger partial charge in [0.2, 0.25) is 0 Å². The van der Waals surface area contributed by atoms with E-state index in [-0.39, 0.29) is 23.9 Å². The highest BCUT2D eigenvalue weighted by Crippen LogP contribution is 2.36. The maximum atomic E-state index is 13.7. The summed E-state index contributed by atoms with van der Waals surface area (Å²) in [5, 5.41) is 5.50. The van der Waals surface area contributed by atoms with Crippen LogP contribution in [0, 0.1) is 5.92 Å². The van der Waals surface area contributed by atoms with Crippen LogP contribution in [0.4, 0.5) is 0 Å². The van der Waals surface area contributed by atoms with Gasteiger partial charge in [0.25, 0.3) is 5.91 Å². The fourth-order valence-electron chi connectivity index (χ4n) is 5.81. The van der Waals surface area contributed by atoms with Crippen LogP contribution >= 0.6 is 0 Å². The van der Waals surface area contributed by atoms with E-state index in [2.05, 4.69) is 46.4 Å². The molecular formula is C29H33N7O2. The number of ether oxygens (including phenoxy) is 1. The van der Waals surface area contributed by atoms with E-state index in [1.165, 1.54) is 0 Å². The minimum absolute atomic E-state index is 0.0336. The summed E-state index contributed by atoms with van der Waals surface area (Å²) in [6.45, 7) is 5.30. The second kappa shape index (κ2) is 9.02. The summed E-state index contributed by atoms with van der Waals surface area (Å²) >= 11 is 0. The van der Waals surface area contributed by atoms with Crippen molar-refractivity contribution in [3.8, 4) is 17.3 Å². The van der Waals surface area contributed by atoms with Gasteiger partial charge < -0.3 is 24.5 Å². The first kappa shape index (κ1) is 24.2. The lowest BCUT2D eigenvalue weighted by Gasteiger charge is -2.23. The highest BCUT2D eigenvalue weighted by molar-refractivity contribution is 6.00. The number of likely N-dealkylation sites (tertiary alicyclic amines) is 1. The molecule has 1 aliphatic rings. The molecular weight excluding hydrogens is 478 g/mol. The Balaban J connectivity index is 1.54. The molecule has 0 radical (unpaired) electrons. The maximum Gasteiger partial charge on any atom is 0.254 e. The number of imidazole rings is 1. The van der Waals surface area contributed by atoms with E-state index in [9.17, 15) is 4.79 Å². The Morgan fingerprint density at radius 1 is 1.16 bits per heavy atom. The third-order valence-corrected chi connectivity index (χ3v) is 8.00. The summed E-state index contributed by atoms with van der Waals surface area (Å²) < 4.78 is 12.0. The fourth-order valence-corrected chi connectivity index (χ4v) is 5.81. The van der Waals surface area contributed by atoms with Gasteiger partial charge in [0, 0.05) is 61.0 Å². The van der Waals surface area contributed by atoms with Gasteiger partial charge in [-0.3, -0.25) is 9.48 Å². The molecule has 2 N–H and O–H groups in total. The lowest BCUT2D eigenvalue weighted by atomic mass is 10.0. The third kappa shape index (κ3) is 3.77. The van der Waals surface area contributed by atoms with Crippen LogP contribution in [0.15, 0.2) is 54.9 Å². The standard InChI is InChI=1S/C29H33N7O2/c1-17-14-35(18(2)26(17)30)29(37)21-10-22-27(25(12-21)38-5)36(16-19-13-31-33(3)15-19)28(32-22)24-11-20-8-6-7-9-23(20)34(24)4/h6-13,15,17-18,26H,14,16,30H2,1-5H3. The molecule has 38 heavy (non-hydrogen) atoms. The van der Waals surface area contributed by atoms with Crippen LogP contribution in [0.2, 0.25) is 0 Å². The summed E-state index contributed by atoms with van der Waals surface area (Å²) in [6.07, 6.45) is 3.86. The number of carbonyl (C=O) groups excluding carboxylic acids is 1. The number of carbonyl (C=O) groups is 1. The Kier molecular flexibility index (Phi) is 5.75. The smallest absolute Gasteiger partial charge is 0.254 e. The van der Waals surface area contributed by atoms with Crippen LogP contribution in [-0.2, 0) is 20.6 Å². The Morgan fingerprint density at radius 2 is 1.95 bits per heavy atom. The molecule has 1 saturated heterocycles. The van der Waals surface area contributed by atoms with Gasteiger partial charge in [0.15, 0.2) is 5.82 Å². The first-order valence-corrected chi connectivity index (χ1v) is 12.9. The largest absolute Gasteiger partial charge is 0.494 e. The summed E-state index contributed by atoms with van der Waals surface area (Å²) in [5.74, 6) is 1.61. The first-order valence-electron chi connectivity index (χ1n) is 12.9. The van der Waals surface area contributed by atoms with Crippen LogP contribution in [0.25, 0.3) is 33.5 Å². The maximum absolute atomic E-state index is 13.7. The van der Waals surface area contributed by atoms with Gasteiger partial charge in [-0.2, -0.15) is 5.10 Å². The monoisotopic (exact) mass is 511 g/mol. The molecule has 196 valence electrons. The summed E-state index contributed by atoms with van der Waals surface area (Å²) in [6, 6.07) is 14.1. The molecule has 3 aromatic heterocycles. The van der Waals surface area contributed by atoms with Gasteiger partial charge in [-0.05, 0) is 37.1 Å². The van der Waals surface area contributed by atoms with Crippen molar-refractivity contribution in [2.24, 2.45) is 25.7 Å². The Bertz CT molecular complexity index is 1680. The van der Waals surface area contributed by atoms with E-state index in [1.54, 1.807) is 11.8 Å². The molecule has 1 amide bonds. The zero-order valence-electron chi connectivity index (χ0n) is 22.4. The predicted molar refractivity (Wildman–Crippen MR) is 148 cm³/mol. The van der Waals surface area contributed by atoms with Gasteiger partial charge in [-0.15, -0.1) is 0 Å². The van der Waals surface area contributed by atoms with Gasteiger partial charge >= 0.3 is 0 Å². The van der Waals surface area contributed by atoms with Crippen molar-refractivity contribution in [3.05, 3.63) is 66.0 Å². The van der Waals surface area contributed by atoms with Crippen molar-refractivity contribution in [3.63, 3.8) is 0 Å². The molecule has 0 spiro atoms. The van der Waals surface area contributed by atoms with Crippen LogP contribution in [0.3, 0.4) is 0 Å². The van der Waals surface area contributed by atoms with Crippen LogP contribution < -0.4 is 10.5 Å². The zero-order chi connectivity index (χ0) is 26.7. The highest BCUT2D eigenvalue weighted by Gasteiger charge is 2.37. The Labute approximate surface area is 221 Å². The molecule has 0 saturated carbocycles. The molecule has 0 bridgehead atoms. The van der Waals surface area contributed by atoms with E-state index in [0.717, 1.165) is 33.5 Å². The number of nitrogens with zero attached hydrogens (tertiary/aromatic N) is 6. The van der Waals surface area contributed by atoms with Gasteiger partial charge in [0.05, 0.1) is 31.1 Å². The number of fused-ring (bicyclic) bond motifs is 2. The normalized spacial score (nSPS) is 19.6. The number of amides is 1. The molecule has 2 aromatic carbocycles. The van der Waals surface area contributed by atoms with Crippen molar-refractivity contribution >= 4 is 27.8 Å². The number of aromatic nitrogens is 5. The van der Waals surface area contributed by atoms with Crippen molar-refractivity contribution < 1.29 is 9.53 Å². The number of benzene rings is 2. The molecule has 4 heterocycles. The summed E-state index contributed by atoms with van der Waals surface area (Å²) in [7, 11) is 5.60. The van der Waals surface area contributed by atoms with Gasteiger partial charge in [-0.1, -0.05) is 25.1 Å². The number of nitrogens with two attached hydrogens (primary N) is 1. The van der Waals surface area contributed by atoms with Crippen LogP contribution in [-0.4, -0.2) is 60.4 Å². The molecule has 1 aliphatic heterocycles. The molecule has 3 atom stereocenters. The second-order valence-electron chi connectivity index (χ2n) is 10.5. The highest BCUT2D eigenvalue weighted by atomic mass is 16.5. The van der Waals surface area contributed by atoms with E-state index >= 15 is 0 Å². The number of rotatable bonds is 5. The Hall–Kier alpha value is -4.11. The van der Waals surface area contributed by atoms with E-state index in [1.807, 2.05) is 55.5 Å². The minimum atomic E-state index is -0.0505. The number of methoxy groups -OCH3 is 1. The number of para-hydroxylation sites is 1. The quantitative estimate of drug-likeness (QED) is 0.387. The zero-order valence-corrected chi connectivity index (χ0v) is 22.4. The topological polar surface area (TPSA) is 96.1 Å². The van der Waals surface area contributed by atoms with Crippen molar-refractivity contribution in [1.82, 2.24) is 28.8 Å².